The van der Waals surface area contributed by atoms with E-state index in [1.807, 2.05) is 0 Å². The number of likely N-dealkylation sites (tertiary alicyclic amines) is 1. The Hall–Kier alpha value is -0.120. The zero-order chi connectivity index (χ0) is 11.1. The Morgan fingerprint density at radius 3 is 2.87 bits per heavy atom. The molecule has 1 aliphatic heterocycles. The lowest BCUT2D eigenvalue weighted by Gasteiger charge is -2.36. The van der Waals surface area contributed by atoms with Crippen LogP contribution in [0.5, 0.6) is 0 Å². The summed E-state index contributed by atoms with van der Waals surface area (Å²) in [6.45, 7) is 8.57. The van der Waals surface area contributed by atoms with Gasteiger partial charge in [0.05, 0.1) is 0 Å². The van der Waals surface area contributed by atoms with Crippen molar-refractivity contribution in [3.8, 4) is 0 Å². The summed E-state index contributed by atoms with van der Waals surface area (Å²) in [6, 6.07) is 1.08. The third kappa shape index (κ3) is 4.96. The number of hydrogen-bond acceptors (Lipinski definition) is 3. The van der Waals surface area contributed by atoms with Crippen LogP contribution >= 0.6 is 0 Å². The maximum atomic E-state index is 5.93. The van der Waals surface area contributed by atoms with Crippen LogP contribution in [0.4, 0.5) is 0 Å². The SMILES string of the molecule is CCCOCCCN1CCC(N)CC1C. The maximum absolute atomic E-state index is 5.93. The highest BCUT2D eigenvalue weighted by molar-refractivity contribution is 4.80. The molecule has 1 fully saturated rings. The average molecular weight is 214 g/mol. The van der Waals surface area contributed by atoms with E-state index in [0.717, 1.165) is 52.0 Å². The van der Waals surface area contributed by atoms with E-state index in [0.29, 0.717) is 12.1 Å². The molecule has 0 aromatic rings. The molecule has 0 spiro atoms. The number of nitrogens with zero attached hydrogens (tertiary/aromatic N) is 1. The van der Waals surface area contributed by atoms with E-state index >= 15 is 0 Å². The fourth-order valence-electron chi connectivity index (χ4n) is 2.21. The Bertz CT molecular complexity index is 164. The summed E-state index contributed by atoms with van der Waals surface area (Å²) < 4.78 is 5.48. The number of rotatable bonds is 6. The molecule has 3 nitrogen and oxygen atoms in total. The third-order valence-electron chi connectivity index (χ3n) is 3.14. The van der Waals surface area contributed by atoms with Gasteiger partial charge in [0.25, 0.3) is 0 Å². The molecule has 0 aliphatic carbocycles. The Labute approximate surface area is 94.0 Å². The molecule has 2 unspecified atom stereocenters. The van der Waals surface area contributed by atoms with Crippen LogP contribution in [0.2, 0.25) is 0 Å². The Kier molecular flexibility index (Phi) is 6.22. The summed E-state index contributed by atoms with van der Waals surface area (Å²) in [5.41, 5.74) is 5.93. The fraction of sp³-hybridized carbons (Fsp3) is 1.00. The van der Waals surface area contributed by atoms with Crippen LogP contribution < -0.4 is 5.73 Å². The molecule has 0 bridgehead atoms. The zero-order valence-electron chi connectivity index (χ0n) is 10.2. The molecular formula is C12H26N2O. The molecule has 3 heteroatoms. The largest absolute Gasteiger partial charge is 0.381 e. The van der Waals surface area contributed by atoms with E-state index in [1.54, 1.807) is 0 Å². The van der Waals surface area contributed by atoms with Crippen LogP contribution in [0.15, 0.2) is 0 Å². The van der Waals surface area contributed by atoms with Crippen molar-refractivity contribution in [3.63, 3.8) is 0 Å². The molecular weight excluding hydrogens is 188 g/mol. The van der Waals surface area contributed by atoms with Gasteiger partial charge in [0, 0.05) is 31.8 Å². The first-order chi connectivity index (χ1) is 7.24. The fourth-order valence-corrected chi connectivity index (χ4v) is 2.21. The van der Waals surface area contributed by atoms with Crippen LogP contribution in [0.3, 0.4) is 0 Å². The van der Waals surface area contributed by atoms with Gasteiger partial charge in [-0.25, -0.2) is 0 Å². The first kappa shape index (κ1) is 12.9. The van der Waals surface area contributed by atoms with Gasteiger partial charge >= 0.3 is 0 Å². The molecule has 90 valence electrons. The highest BCUT2D eigenvalue weighted by atomic mass is 16.5. The summed E-state index contributed by atoms with van der Waals surface area (Å²) in [5, 5.41) is 0. The van der Waals surface area contributed by atoms with Gasteiger partial charge in [-0.3, -0.25) is 0 Å². The molecule has 0 aromatic heterocycles. The lowest BCUT2D eigenvalue weighted by atomic mass is 9.99. The van der Waals surface area contributed by atoms with Crippen molar-refractivity contribution in [2.75, 3.05) is 26.3 Å². The van der Waals surface area contributed by atoms with Gasteiger partial charge in [0.2, 0.25) is 0 Å². The second-order valence-corrected chi connectivity index (χ2v) is 4.64. The van der Waals surface area contributed by atoms with E-state index in [1.165, 1.54) is 0 Å². The second kappa shape index (κ2) is 7.20. The standard InChI is InChI=1S/C12H26N2O/c1-3-8-15-9-4-6-14-7-5-12(13)10-11(14)2/h11-12H,3-10,13H2,1-2H3. The number of hydrogen-bond donors (Lipinski definition) is 1. The minimum atomic E-state index is 0.424. The molecule has 1 heterocycles. The Morgan fingerprint density at radius 1 is 1.40 bits per heavy atom. The van der Waals surface area contributed by atoms with Gasteiger partial charge in [0.1, 0.15) is 0 Å². The number of nitrogens with two attached hydrogens (primary N) is 1. The number of ether oxygens (including phenoxy) is 1. The summed E-state index contributed by atoms with van der Waals surface area (Å²) in [5.74, 6) is 0. The molecule has 0 aromatic carbocycles. The van der Waals surface area contributed by atoms with Crippen molar-refractivity contribution < 1.29 is 4.74 Å². The van der Waals surface area contributed by atoms with Gasteiger partial charge in [0.15, 0.2) is 0 Å². The van der Waals surface area contributed by atoms with E-state index in [-0.39, 0.29) is 0 Å². The van der Waals surface area contributed by atoms with Crippen molar-refractivity contribution in [1.82, 2.24) is 4.90 Å². The molecule has 2 N–H and O–H groups in total. The Balaban J connectivity index is 2.05. The van der Waals surface area contributed by atoms with Gasteiger partial charge in [-0.1, -0.05) is 6.92 Å². The average Bonchev–Trinajstić information content (AvgIpc) is 2.20. The summed E-state index contributed by atoms with van der Waals surface area (Å²) in [4.78, 5) is 2.54. The van der Waals surface area contributed by atoms with Crippen molar-refractivity contribution >= 4 is 0 Å². The predicted octanol–water partition coefficient (Wildman–Crippen LogP) is 1.61. The normalized spacial score (nSPS) is 28.2. The number of piperidine rings is 1. The van der Waals surface area contributed by atoms with E-state index in [2.05, 4.69) is 18.7 Å². The highest BCUT2D eigenvalue weighted by Crippen LogP contribution is 2.15. The summed E-state index contributed by atoms with van der Waals surface area (Å²) in [6.07, 6.45) is 4.57. The Morgan fingerprint density at radius 2 is 2.20 bits per heavy atom. The van der Waals surface area contributed by atoms with Gasteiger partial charge < -0.3 is 15.4 Å². The van der Waals surface area contributed by atoms with Gasteiger partial charge in [-0.15, -0.1) is 0 Å². The first-order valence-corrected chi connectivity index (χ1v) is 6.31. The van der Waals surface area contributed by atoms with Gasteiger partial charge in [-0.2, -0.15) is 0 Å². The first-order valence-electron chi connectivity index (χ1n) is 6.31. The van der Waals surface area contributed by atoms with Crippen molar-refractivity contribution in [3.05, 3.63) is 0 Å². The van der Waals surface area contributed by atoms with E-state index < -0.39 is 0 Å². The maximum Gasteiger partial charge on any atom is 0.0478 e. The third-order valence-corrected chi connectivity index (χ3v) is 3.14. The van der Waals surface area contributed by atoms with E-state index in [4.69, 9.17) is 10.5 Å². The van der Waals surface area contributed by atoms with Crippen LogP contribution in [-0.2, 0) is 4.74 Å². The molecule has 0 saturated carbocycles. The van der Waals surface area contributed by atoms with Crippen LogP contribution in [0, 0.1) is 0 Å². The summed E-state index contributed by atoms with van der Waals surface area (Å²) >= 11 is 0. The lowest BCUT2D eigenvalue weighted by molar-refractivity contribution is 0.0998. The molecule has 1 aliphatic rings. The van der Waals surface area contributed by atoms with Crippen LogP contribution in [0.25, 0.3) is 0 Å². The molecule has 1 saturated heterocycles. The lowest BCUT2D eigenvalue weighted by Crippen LogP contribution is -2.45. The molecule has 1 rings (SSSR count). The second-order valence-electron chi connectivity index (χ2n) is 4.64. The zero-order valence-corrected chi connectivity index (χ0v) is 10.2. The highest BCUT2D eigenvalue weighted by Gasteiger charge is 2.22. The van der Waals surface area contributed by atoms with Crippen molar-refractivity contribution in [1.29, 1.82) is 0 Å². The summed E-state index contributed by atoms with van der Waals surface area (Å²) in [7, 11) is 0. The predicted molar refractivity (Wildman–Crippen MR) is 64.0 cm³/mol. The van der Waals surface area contributed by atoms with Crippen molar-refractivity contribution in [2.45, 2.75) is 51.6 Å². The van der Waals surface area contributed by atoms with E-state index in [9.17, 15) is 0 Å². The topological polar surface area (TPSA) is 38.5 Å². The molecule has 0 amide bonds. The minimum Gasteiger partial charge on any atom is -0.381 e. The quantitative estimate of drug-likeness (QED) is 0.683. The van der Waals surface area contributed by atoms with Crippen LogP contribution in [0.1, 0.15) is 39.5 Å². The van der Waals surface area contributed by atoms with Gasteiger partial charge in [-0.05, 0) is 39.2 Å². The van der Waals surface area contributed by atoms with Crippen LogP contribution in [-0.4, -0.2) is 43.3 Å². The molecule has 2 atom stereocenters. The molecule has 0 radical (unpaired) electrons. The van der Waals surface area contributed by atoms with Crippen molar-refractivity contribution in [2.24, 2.45) is 5.73 Å². The minimum absolute atomic E-state index is 0.424. The monoisotopic (exact) mass is 214 g/mol. The molecule has 15 heavy (non-hydrogen) atoms. The smallest absolute Gasteiger partial charge is 0.0478 e.